The number of hydrogen-bond donors (Lipinski definition) is 1. The van der Waals surface area contributed by atoms with Gasteiger partial charge in [0, 0.05) is 18.3 Å². The van der Waals surface area contributed by atoms with Crippen LogP contribution in [0.3, 0.4) is 0 Å². The van der Waals surface area contributed by atoms with Crippen molar-refractivity contribution < 1.29 is 0 Å². The van der Waals surface area contributed by atoms with Crippen molar-refractivity contribution in [2.45, 2.75) is 71.9 Å². The van der Waals surface area contributed by atoms with Gasteiger partial charge in [0.2, 0.25) is 0 Å². The summed E-state index contributed by atoms with van der Waals surface area (Å²) in [5.41, 5.74) is 8.95. The SMILES string of the molecule is CCc1cc(CC2CC(CC)CCC2N)n(CC)n1. The van der Waals surface area contributed by atoms with Gasteiger partial charge in [-0.3, -0.25) is 4.68 Å². The third-order valence-electron chi connectivity index (χ3n) is 4.77. The molecular weight excluding hydrogens is 234 g/mol. The number of aromatic nitrogens is 2. The van der Waals surface area contributed by atoms with Gasteiger partial charge in [0.05, 0.1) is 5.69 Å². The highest BCUT2D eigenvalue weighted by atomic mass is 15.3. The van der Waals surface area contributed by atoms with Crippen LogP contribution < -0.4 is 5.73 Å². The summed E-state index contributed by atoms with van der Waals surface area (Å²) in [4.78, 5) is 0. The van der Waals surface area contributed by atoms with Crippen molar-refractivity contribution in [1.29, 1.82) is 0 Å². The molecule has 2 N–H and O–H groups in total. The molecule has 1 fully saturated rings. The van der Waals surface area contributed by atoms with Crippen molar-refractivity contribution >= 4 is 0 Å². The average molecular weight is 263 g/mol. The Hall–Kier alpha value is -0.830. The first-order valence-corrected chi connectivity index (χ1v) is 7.99. The van der Waals surface area contributed by atoms with Gasteiger partial charge < -0.3 is 5.73 Å². The van der Waals surface area contributed by atoms with E-state index in [-0.39, 0.29) is 0 Å². The Balaban J connectivity index is 2.08. The van der Waals surface area contributed by atoms with Crippen LogP contribution in [0.1, 0.15) is 57.8 Å². The Kier molecular flexibility index (Phi) is 5.03. The van der Waals surface area contributed by atoms with Crippen molar-refractivity contribution in [3.63, 3.8) is 0 Å². The molecule has 1 aromatic heterocycles. The van der Waals surface area contributed by atoms with Crippen molar-refractivity contribution in [2.24, 2.45) is 17.6 Å². The second kappa shape index (κ2) is 6.56. The van der Waals surface area contributed by atoms with Crippen molar-refractivity contribution in [3.05, 3.63) is 17.5 Å². The lowest BCUT2D eigenvalue weighted by Crippen LogP contribution is -2.37. The lowest BCUT2D eigenvalue weighted by Gasteiger charge is -2.33. The van der Waals surface area contributed by atoms with E-state index in [1.165, 1.54) is 37.1 Å². The molecule has 19 heavy (non-hydrogen) atoms. The van der Waals surface area contributed by atoms with Gasteiger partial charge in [-0.1, -0.05) is 20.3 Å². The molecule has 0 radical (unpaired) electrons. The number of nitrogens with zero attached hydrogens (tertiary/aromatic N) is 2. The highest BCUT2D eigenvalue weighted by Crippen LogP contribution is 2.32. The summed E-state index contributed by atoms with van der Waals surface area (Å²) in [6, 6.07) is 2.67. The monoisotopic (exact) mass is 263 g/mol. The van der Waals surface area contributed by atoms with Crippen LogP contribution >= 0.6 is 0 Å². The lowest BCUT2D eigenvalue weighted by molar-refractivity contribution is 0.224. The van der Waals surface area contributed by atoms with Gasteiger partial charge in [-0.25, -0.2) is 0 Å². The summed E-state index contributed by atoms with van der Waals surface area (Å²) in [6.07, 6.45) is 7.25. The molecule has 0 spiro atoms. The number of rotatable bonds is 5. The normalized spacial score (nSPS) is 27.7. The van der Waals surface area contributed by atoms with E-state index in [9.17, 15) is 0 Å². The highest BCUT2D eigenvalue weighted by molar-refractivity contribution is 5.12. The van der Waals surface area contributed by atoms with E-state index >= 15 is 0 Å². The summed E-state index contributed by atoms with van der Waals surface area (Å²) in [6.45, 7) is 7.62. The molecule has 0 saturated heterocycles. The molecule has 1 aromatic rings. The van der Waals surface area contributed by atoms with E-state index in [2.05, 4.69) is 36.6 Å². The molecule has 1 heterocycles. The molecule has 2 rings (SSSR count). The smallest absolute Gasteiger partial charge is 0.0624 e. The zero-order chi connectivity index (χ0) is 13.8. The van der Waals surface area contributed by atoms with Crippen molar-refractivity contribution in [3.8, 4) is 0 Å². The Labute approximate surface area is 117 Å². The van der Waals surface area contributed by atoms with Crippen molar-refractivity contribution in [1.82, 2.24) is 9.78 Å². The van der Waals surface area contributed by atoms with Crippen LogP contribution in [0.2, 0.25) is 0 Å². The lowest BCUT2D eigenvalue weighted by atomic mass is 9.75. The Morgan fingerprint density at radius 2 is 2.11 bits per heavy atom. The van der Waals surface area contributed by atoms with Crippen molar-refractivity contribution in [2.75, 3.05) is 0 Å². The highest BCUT2D eigenvalue weighted by Gasteiger charge is 2.28. The molecule has 3 unspecified atom stereocenters. The maximum atomic E-state index is 6.34. The zero-order valence-corrected chi connectivity index (χ0v) is 12.7. The zero-order valence-electron chi connectivity index (χ0n) is 12.7. The molecule has 0 aromatic carbocycles. The topological polar surface area (TPSA) is 43.8 Å². The van der Waals surface area contributed by atoms with E-state index < -0.39 is 0 Å². The van der Waals surface area contributed by atoms with Gasteiger partial charge in [0.15, 0.2) is 0 Å². The second-order valence-corrected chi connectivity index (χ2v) is 6.01. The van der Waals surface area contributed by atoms with Crippen LogP contribution in [0.15, 0.2) is 6.07 Å². The predicted octanol–water partition coefficient (Wildman–Crippen LogP) is 3.16. The summed E-state index contributed by atoms with van der Waals surface area (Å²) in [7, 11) is 0. The van der Waals surface area contributed by atoms with Crippen LogP contribution in [0.5, 0.6) is 0 Å². The molecule has 3 nitrogen and oxygen atoms in total. The van der Waals surface area contributed by atoms with Gasteiger partial charge in [-0.15, -0.1) is 0 Å². The molecule has 0 bridgehead atoms. The average Bonchev–Trinajstić information content (AvgIpc) is 2.83. The summed E-state index contributed by atoms with van der Waals surface area (Å²) in [5, 5.41) is 4.65. The minimum Gasteiger partial charge on any atom is -0.327 e. The molecule has 1 aliphatic carbocycles. The van der Waals surface area contributed by atoms with Crippen LogP contribution in [-0.4, -0.2) is 15.8 Å². The minimum absolute atomic E-state index is 0.382. The molecule has 0 aliphatic heterocycles. The molecule has 1 saturated carbocycles. The van der Waals surface area contributed by atoms with E-state index in [4.69, 9.17) is 5.73 Å². The van der Waals surface area contributed by atoms with E-state index in [0.717, 1.165) is 25.3 Å². The van der Waals surface area contributed by atoms with Crippen LogP contribution in [0, 0.1) is 11.8 Å². The minimum atomic E-state index is 0.382. The fourth-order valence-electron chi connectivity index (χ4n) is 3.38. The van der Waals surface area contributed by atoms with Gasteiger partial charge >= 0.3 is 0 Å². The second-order valence-electron chi connectivity index (χ2n) is 6.01. The third-order valence-corrected chi connectivity index (χ3v) is 4.77. The largest absolute Gasteiger partial charge is 0.327 e. The van der Waals surface area contributed by atoms with Crippen LogP contribution in [0.25, 0.3) is 0 Å². The fraction of sp³-hybridized carbons (Fsp3) is 0.812. The van der Waals surface area contributed by atoms with Gasteiger partial charge in [0.1, 0.15) is 0 Å². The molecular formula is C16H29N3. The maximum Gasteiger partial charge on any atom is 0.0624 e. The number of hydrogen-bond acceptors (Lipinski definition) is 2. The summed E-state index contributed by atoms with van der Waals surface area (Å²) in [5.74, 6) is 1.53. The van der Waals surface area contributed by atoms with Crippen LogP contribution in [-0.2, 0) is 19.4 Å². The Bertz CT molecular complexity index is 397. The first-order valence-electron chi connectivity index (χ1n) is 7.99. The standard InChI is InChI=1S/C16H29N3/c1-4-12-7-8-16(17)13(9-12)10-15-11-14(5-2)18-19(15)6-3/h11-13,16H,4-10,17H2,1-3H3. The van der Waals surface area contributed by atoms with Gasteiger partial charge in [-0.05, 0) is 56.9 Å². The van der Waals surface area contributed by atoms with E-state index in [1.54, 1.807) is 0 Å². The first-order chi connectivity index (χ1) is 9.17. The third kappa shape index (κ3) is 3.38. The summed E-state index contributed by atoms with van der Waals surface area (Å²) >= 11 is 0. The predicted molar refractivity (Wildman–Crippen MR) is 80.1 cm³/mol. The van der Waals surface area contributed by atoms with Crippen LogP contribution in [0.4, 0.5) is 0 Å². The quantitative estimate of drug-likeness (QED) is 0.887. The molecule has 3 heteroatoms. The van der Waals surface area contributed by atoms with E-state index in [1.807, 2.05) is 0 Å². The molecule has 1 aliphatic rings. The number of nitrogens with two attached hydrogens (primary N) is 1. The van der Waals surface area contributed by atoms with Gasteiger partial charge in [0.25, 0.3) is 0 Å². The molecule has 3 atom stereocenters. The first kappa shape index (κ1) is 14.6. The molecule has 0 amide bonds. The summed E-state index contributed by atoms with van der Waals surface area (Å²) < 4.78 is 2.17. The Morgan fingerprint density at radius 1 is 1.32 bits per heavy atom. The van der Waals surface area contributed by atoms with E-state index in [0.29, 0.717) is 12.0 Å². The maximum absolute atomic E-state index is 6.34. The fourth-order valence-corrected chi connectivity index (χ4v) is 3.38. The molecule has 108 valence electrons. The van der Waals surface area contributed by atoms with Gasteiger partial charge in [-0.2, -0.15) is 5.10 Å². The Morgan fingerprint density at radius 3 is 2.74 bits per heavy atom. The number of aryl methyl sites for hydroxylation is 2.